The molecule has 0 atom stereocenters. The van der Waals surface area contributed by atoms with E-state index >= 15 is 0 Å². The van der Waals surface area contributed by atoms with E-state index in [0.717, 1.165) is 17.1 Å². The summed E-state index contributed by atoms with van der Waals surface area (Å²) in [5, 5.41) is 0. The third-order valence-electron chi connectivity index (χ3n) is 6.19. The highest BCUT2D eigenvalue weighted by molar-refractivity contribution is 7.40. The van der Waals surface area contributed by atoms with Crippen LogP contribution in [0.15, 0.2) is 78.9 Å². The van der Waals surface area contributed by atoms with Crippen LogP contribution < -0.4 is 24.3 Å². The van der Waals surface area contributed by atoms with E-state index in [0.29, 0.717) is 6.61 Å². The molecule has 4 rings (SSSR count). The van der Waals surface area contributed by atoms with Gasteiger partial charge in [0.1, 0.15) is 12.8 Å². The summed E-state index contributed by atoms with van der Waals surface area (Å²) in [5.74, 6) is 0.902. The van der Waals surface area contributed by atoms with Crippen molar-refractivity contribution in [2.75, 3.05) is 25.6 Å². The Morgan fingerprint density at radius 3 is 1.97 bits per heavy atom. The standard InChI is InChI=1S/C28H31N2O.H3O4P/c1-6-31-24-18-16-23(17-19-24)29(4)22-14-11-21(12-15-22)13-20-27-28(2,3)25-9-7-8-10-26(25)30(27)5;1-5(2,3)4/h7-20H,6H2,1-5H3;(H3,1,2,3,4)/q+1;/p-3. The lowest BCUT2D eigenvalue weighted by atomic mass is 9.81. The van der Waals surface area contributed by atoms with Gasteiger partial charge in [-0.15, -0.1) is 0 Å². The second-order valence-corrected chi connectivity index (χ2v) is 9.84. The number of allylic oxidation sites excluding steroid dienone is 1. The first-order valence-electron chi connectivity index (χ1n) is 11.6. The molecular formula is C28H31N2O5P-2. The Kier molecular flexibility index (Phi) is 8.54. The Morgan fingerprint density at radius 2 is 1.44 bits per heavy atom. The lowest BCUT2D eigenvalue weighted by molar-refractivity contribution is -0.432. The number of fused-ring (bicyclic) bond motifs is 1. The van der Waals surface area contributed by atoms with Gasteiger partial charge in [0.2, 0.25) is 5.69 Å². The van der Waals surface area contributed by atoms with Crippen molar-refractivity contribution in [1.29, 1.82) is 0 Å². The molecule has 1 heterocycles. The fourth-order valence-corrected chi connectivity index (χ4v) is 4.37. The second kappa shape index (κ2) is 11.2. The number of para-hydroxylation sites is 1. The maximum Gasteiger partial charge on any atom is 0.209 e. The van der Waals surface area contributed by atoms with Gasteiger partial charge in [0.25, 0.3) is 0 Å². The lowest BCUT2D eigenvalue weighted by Gasteiger charge is -2.36. The zero-order chi connectivity index (χ0) is 26.5. The highest BCUT2D eigenvalue weighted by Crippen LogP contribution is 2.39. The Hall–Kier alpha value is -3.22. The van der Waals surface area contributed by atoms with E-state index in [1.165, 1.54) is 22.5 Å². The van der Waals surface area contributed by atoms with Gasteiger partial charge in [0.05, 0.1) is 12.0 Å². The number of ether oxygens (including phenoxy) is 1. The monoisotopic (exact) mass is 506 g/mol. The van der Waals surface area contributed by atoms with Crippen LogP contribution in [0.25, 0.3) is 6.08 Å². The number of hydrogen-bond donors (Lipinski definition) is 0. The highest BCUT2D eigenvalue weighted by atomic mass is 31.2. The highest BCUT2D eigenvalue weighted by Gasteiger charge is 2.42. The SMILES string of the molecule is CCOc1ccc(N(C)c2ccc(/C=C/C3=[N+](C)c4ccccc4C3(C)C)cc2)cc1.O=P([O-])([O-])[O-]. The number of hydrogen-bond acceptors (Lipinski definition) is 6. The molecule has 0 bridgehead atoms. The average molecular weight is 507 g/mol. The smallest absolute Gasteiger partial charge is 0.209 e. The Morgan fingerprint density at radius 1 is 0.917 bits per heavy atom. The topological polar surface area (TPSA) is 102 Å². The van der Waals surface area contributed by atoms with Gasteiger partial charge in [-0.2, -0.15) is 12.4 Å². The molecule has 8 heteroatoms. The quantitative estimate of drug-likeness (QED) is 0.373. The molecular weight excluding hydrogens is 475 g/mol. The molecule has 0 aromatic heterocycles. The van der Waals surface area contributed by atoms with Crippen LogP contribution in [0.2, 0.25) is 0 Å². The maximum atomic E-state index is 8.55. The molecule has 0 spiro atoms. The molecule has 0 amide bonds. The van der Waals surface area contributed by atoms with E-state index in [1.54, 1.807) is 0 Å². The van der Waals surface area contributed by atoms with Crippen LogP contribution in [0.5, 0.6) is 5.75 Å². The van der Waals surface area contributed by atoms with Gasteiger partial charge in [-0.1, -0.05) is 30.3 Å². The maximum absolute atomic E-state index is 8.55. The van der Waals surface area contributed by atoms with Crippen LogP contribution >= 0.6 is 7.82 Å². The molecule has 1 aliphatic rings. The summed E-state index contributed by atoms with van der Waals surface area (Å²) in [6.45, 7) is 7.27. The van der Waals surface area contributed by atoms with Crippen LogP contribution in [0, 0.1) is 0 Å². The molecule has 0 saturated carbocycles. The Balaban J connectivity index is 0.000000658. The summed E-state index contributed by atoms with van der Waals surface area (Å²) in [7, 11) is -1.15. The zero-order valence-electron chi connectivity index (χ0n) is 21.2. The van der Waals surface area contributed by atoms with E-state index < -0.39 is 7.82 Å². The van der Waals surface area contributed by atoms with Crippen molar-refractivity contribution in [2.45, 2.75) is 26.2 Å². The van der Waals surface area contributed by atoms with Gasteiger partial charge < -0.3 is 28.9 Å². The first-order valence-corrected chi connectivity index (χ1v) is 13.1. The van der Waals surface area contributed by atoms with E-state index in [4.69, 9.17) is 24.0 Å². The van der Waals surface area contributed by atoms with Crippen molar-refractivity contribution in [3.63, 3.8) is 0 Å². The largest absolute Gasteiger partial charge is 0.822 e. The number of benzene rings is 3. The van der Waals surface area contributed by atoms with E-state index in [9.17, 15) is 0 Å². The first kappa shape index (κ1) is 27.4. The number of phosphoric acid groups is 1. The summed E-state index contributed by atoms with van der Waals surface area (Å²) in [4.78, 5) is 27.8. The lowest BCUT2D eigenvalue weighted by Crippen LogP contribution is -2.26. The molecule has 7 nitrogen and oxygen atoms in total. The molecule has 3 aromatic rings. The number of nitrogens with zero attached hydrogens (tertiary/aromatic N) is 2. The van der Waals surface area contributed by atoms with Crippen molar-refractivity contribution in [3.8, 4) is 5.75 Å². The number of anilines is 2. The third kappa shape index (κ3) is 6.71. The summed E-state index contributed by atoms with van der Waals surface area (Å²) in [6.07, 6.45) is 4.46. The van der Waals surface area contributed by atoms with Crippen molar-refractivity contribution in [2.24, 2.45) is 0 Å². The van der Waals surface area contributed by atoms with Crippen LogP contribution in [-0.4, -0.2) is 31.0 Å². The average Bonchev–Trinajstić information content (AvgIpc) is 3.02. The van der Waals surface area contributed by atoms with Crippen molar-refractivity contribution >= 4 is 36.7 Å². The molecule has 0 saturated heterocycles. The van der Waals surface area contributed by atoms with E-state index in [-0.39, 0.29) is 5.41 Å². The predicted octanol–water partition coefficient (Wildman–Crippen LogP) is 3.75. The van der Waals surface area contributed by atoms with Gasteiger partial charge in [-0.05, 0) is 68.8 Å². The normalized spacial score (nSPS) is 14.3. The second-order valence-electron chi connectivity index (χ2n) is 8.94. The minimum atomic E-state index is -5.39. The first-order chi connectivity index (χ1) is 16.9. The van der Waals surface area contributed by atoms with Gasteiger partial charge in [-0.25, -0.2) is 0 Å². The molecule has 3 aromatic carbocycles. The van der Waals surface area contributed by atoms with Gasteiger partial charge >= 0.3 is 0 Å². The fraction of sp³-hybridized carbons (Fsp3) is 0.250. The third-order valence-corrected chi connectivity index (χ3v) is 6.19. The molecule has 1 aliphatic heterocycles. The van der Waals surface area contributed by atoms with Crippen molar-refractivity contribution in [3.05, 3.63) is 90.0 Å². The summed E-state index contributed by atoms with van der Waals surface area (Å²) >= 11 is 0. The summed E-state index contributed by atoms with van der Waals surface area (Å²) in [6, 6.07) is 25.6. The Bertz CT molecular complexity index is 1280. The van der Waals surface area contributed by atoms with Crippen molar-refractivity contribution in [1.82, 2.24) is 0 Å². The molecule has 0 radical (unpaired) electrons. The minimum Gasteiger partial charge on any atom is -0.822 e. The summed E-state index contributed by atoms with van der Waals surface area (Å²) < 4.78 is 16.4. The fourth-order valence-electron chi connectivity index (χ4n) is 4.37. The van der Waals surface area contributed by atoms with Crippen molar-refractivity contribution < 1.29 is 28.6 Å². The van der Waals surface area contributed by atoms with Gasteiger partial charge in [0, 0.05) is 36.1 Å². The van der Waals surface area contributed by atoms with Crippen LogP contribution in [0.3, 0.4) is 0 Å². The molecule has 0 fully saturated rings. The Labute approximate surface area is 212 Å². The molecule has 190 valence electrons. The minimum absolute atomic E-state index is 0.00431. The van der Waals surface area contributed by atoms with Crippen LogP contribution in [0.4, 0.5) is 17.1 Å². The van der Waals surface area contributed by atoms with E-state index in [2.05, 4.69) is 110 Å². The van der Waals surface area contributed by atoms with Gasteiger partial charge in [-0.3, -0.25) is 0 Å². The molecule has 0 N–H and O–H groups in total. The zero-order valence-corrected chi connectivity index (χ0v) is 22.1. The van der Waals surface area contributed by atoms with Crippen LogP contribution in [0.1, 0.15) is 31.9 Å². The van der Waals surface area contributed by atoms with Crippen LogP contribution in [-0.2, 0) is 9.98 Å². The number of rotatable bonds is 6. The van der Waals surface area contributed by atoms with Gasteiger partial charge in [0.15, 0.2) is 5.71 Å². The molecule has 36 heavy (non-hydrogen) atoms. The molecule has 0 aliphatic carbocycles. The van der Waals surface area contributed by atoms with E-state index in [1.807, 2.05) is 19.1 Å². The summed E-state index contributed by atoms with van der Waals surface area (Å²) in [5.41, 5.74) is 7.45. The molecule has 0 unspecified atom stereocenters. The predicted molar refractivity (Wildman–Crippen MR) is 139 cm³/mol.